The third kappa shape index (κ3) is 3.39. The minimum atomic E-state index is -0.155. The average Bonchev–Trinajstić information content (AvgIpc) is 3.03. The number of nitrogens with zero attached hydrogens (tertiary/aromatic N) is 3. The summed E-state index contributed by atoms with van der Waals surface area (Å²) in [6, 6.07) is 14.1. The van der Waals surface area contributed by atoms with Crippen molar-refractivity contribution in [1.82, 2.24) is 14.5 Å². The van der Waals surface area contributed by atoms with Crippen LogP contribution in [0.1, 0.15) is 36.2 Å². The van der Waals surface area contributed by atoms with Crippen LogP contribution in [0.5, 0.6) is 0 Å². The molecule has 1 aromatic heterocycles. The van der Waals surface area contributed by atoms with Gasteiger partial charge in [0.1, 0.15) is 11.6 Å². The Hall–Kier alpha value is -2.20. The van der Waals surface area contributed by atoms with Crippen LogP contribution in [0, 0.1) is 11.7 Å². The lowest BCUT2D eigenvalue weighted by Gasteiger charge is -2.32. The summed E-state index contributed by atoms with van der Waals surface area (Å²) in [5.41, 5.74) is 4.57. The van der Waals surface area contributed by atoms with E-state index in [1.165, 1.54) is 24.8 Å². The van der Waals surface area contributed by atoms with E-state index in [1.807, 2.05) is 0 Å². The zero-order valence-corrected chi connectivity index (χ0v) is 15.7. The number of aromatic nitrogens is 2. The molecule has 0 saturated carbocycles. The molecule has 3 heterocycles. The third-order valence-corrected chi connectivity index (χ3v) is 6.23. The monoisotopic (exact) mass is 363 g/mol. The summed E-state index contributed by atoms with van der Waals surface area (Å²) in [6.07, 6.45) is 5.72. The molecule has 3 nitrogen and oxygen atoms in total. The second-order valence-electron chi connectivity index (χ2n) is 8.13. The molecule has 2 aromatic carbocycles. The van der Waals surface area contributed by atoms with Crippen LogP contribution < -0.4 is 0 Å². The second kappa shape index (κ2) is 7.08. The number of hydrogen-bond donors (Lipinski definition) is 0. The van der Waals surface area contributed by atoms with Crippen LogP contribution in [0.15, 0.2) is 42.5 Å². The third-order valence-electron chi connectivity index (χ3n) is 6.23. The molecule has 1 saturated heterocycles. The summed E-state index contributed by atoms with van der Waals surface area (Å²) < 4.78 is 16.2. The lowest BCUT2D eigenvalue weighted by atomic mass is 9.90. The first-order valence-electron chi connectivity index (χ1n) is 10.2. The van der Waals surface area contributed by atoms with Gasteiger partial charge in [0.15, 0.2) is 0 Å². The summed E-state index contributed by atoms with van der Waals surface area (Å²) >= 11 is 0. The number of piperidine rings is 1. The number of likely N-dealkylation sites (tertiary alicyclic amines) is 1. The standard InChI is InChI=1S/C23H26FN3/c24-20-14-19-7-4-10-27-22(25-21(15-20)23(19)27)16-26-11-8-18(9-12-26)13-17-5-2-1-3-6-17/h1-3,5-6,14-15,18H,4,7-13,16H2. The smallest absolute Gasteiger partial charge is 0.125 e. The summed E-state index contributed by atoms with van der Waals surface area (Å²) in [7, 11) is 0. The molecule has 27 heavy (non-hydrogen) atoms. The number of aryl methyl sites for hydroxylation is 2. The summed E-state index contributed by atoms with van der Waals surface area (Å²) in [5, 5.41) is 0. The molecule has 140 valence electrons. The van der Waals surface area contributed by atoms with Crippen LogP contribution in [-0.4, -0.2) is 27.5 Å². The van der Waals surface area contributed by atoms with Gasteiger partial charge in [-0.25, -0.2) is 9.37 Å². The summed E-state index contributed by atoms with van der Waals surface area (Å²) in [6.45, 7) is 4.15. The van der Waals surface area contributed by atoms with Crippen molar-refractivity contribution >= 4 is 11.0 Å². The van der Waals surface area contributed by atoms with Crippen LogP contribution in [0.2, 0.25) is 0 Å². The topological polar surface area (TPSA) is 21.1 Å². The molecular weight excluding hydrogens is 337 g/mol. The first-order chi connectivity index (χ1) is 13.3. The Morgan fingerprint density at radius 3 is 2.67 bits per heavy atom. The lowest BCUT2D eigenvalue weighted by molar-refractivity contribution is 0.171. The van der Waals surface area contributed by atoms with E-state index >= 15 is 0 Å². The van der Waals surface area contributed by atoms with E-state index in [-0.39, 0.29) is 5.82 Å². The highest BCUT2D eigenvalue weighted by Crippen LogP contribution is 2.29. The van der Waals surface area contributed by atoms with Crippen molar-refractivity contribution in [1.29, 1.82) is 0 Å². The lowest BCUT2D eigenvalue weighted by Crippen LogP contribution is -2.34. The Morgan fingerprint density at radius 1 is 1.04 bits per heavy atom. The minimum absolute atomic E-state index is 0.155. The van der Waals surface area contributed by atoms with Gasteiger partial charge in [0.2, 0.25) is 0 Å². The average molecular weight is 363 g/mol. The van der Waals surface area contributed by atoms with Crippen molar-refractivity contribution in [2.24, 2.45) is 5.92 Å². The van der Waals surface area contributed by atoms with E-state index in [4.69, 9.17) is 4.98 Å². The quantitative estimate of drug-likeness (QED) is 0.677. The van der Waals surface area contributed by atoms with Gasteiger partial charge in [-0.05, 0) is 68.3 Å². The van der Waals surface area contributed by atoms with E-state index in [0.29, 0.717) is 0 Å². The Morgan fingerprint density at radius 2 is 1.85 bits per heavy atom. The molecule has 2 aliphatic heterocycles. The zero-order valence-electron chi connectivity index (χ0n) is 15.7. The number of halogens is 1. The van der Waals surface area contributed by atoms with Crippen molar-refractivity contribution in [3.05, 3.63) is 65.2 Å². The van der Waals surface area contributed by atoms with Gasteiger partial charge >= 0.3 is 0 Å². The van der Waals surface area contributed by atoms with Gasteiger partial charge in [-0.1, -0.05) is 30.3 Å². The number of imidazole rings is 1. The maximum atomic E-state index is 13.9. The van der Waals surface area contributed by atoms with Crippen LogP contribution in [-0.2, 0) is 25.9 Å². The molecule has 0 atom stereocenters. The molecule has 0 spiro atoms. The Labute approximate surface area is 159 Å². The SMILES string of the molecule is Fc1cc2c3c(c1)nc(CN1CCC(Cc4ccccc4)CC1)n3CCC2. The Bertz CT molecular complexity index is 939. The van der Waals surface area contributed by atoms with Crippen LogP contribution in [0.3, 0.4) is 0 Å². The van der Waals surface area contributed by atoms with E-state index < -0.39 is 0 Å². The van der Waals surface area contributed by atoms with E-state index in [1.54, 1.807) is 12.1 Å². The molecule has 0 bridgehead atoms. The fraction of sp³-hybridized carbons (Fsp3) is 0.435. The van der Waals surface area contributed by atoms with Crippen molar-refractivity contribution in [3.8, 4) is 0 Å². The molecular formula is C23H26FN3. The molecule has 0 unspecified atom stereocenters. The van der Waals surface area contributed by atoms with Crippen LogP contribution in [0.25, 0.3) is 11.0 Å². The van der Waals surface area contributed by atoms with Gasteiger partial charge in [-0.2, -0.15) is 0 Å². The molecule has 3 aromatic rings. The maximum absolute atomic E-state index is 13.9. The van der Waals surface area contributed by atoms with Gasteiger partial charge in [-0.3, -0.25) is 4.90 Å². The normalized spacial score (nSPS) is 18.3. The van der Waals surface area contributed by atoms with Crippen molar-refractivity contribution in [2.45, 2.75) is 45.2 Å². The van der Waals surface area contributed by atoms with Crippen molar-refractivity contribution in [2.75, 3.05) is 13.1 Å². The first kappa shape index (κ1) is 16.9. The fourth-order valence-electron chi connectivity index (χ4n) is 4.84. The first-order valence-corrected chi connectivity index (χ1v) is 10.2. The van der Waals surface area contributed by atoms with Gasteiger partial charge < -0.3 is 4.57 Å². The van der Waals surface area contributed by atoms with Crippen molar-refractivity contribution in [3.63, 3.8) is 0 Å². The molecule has 5 rings (SSSR count). The van der Waals surface area contributed by atoms with E-state index in [0.717, 1.165) is 67.4 Å². The number of benzene rings is 2. The molecule has 4 heteroatoms. The Kier molecular flexibility index (Phi) is 4.44. The predicted molar refractivity (Wildman–Crippen MR) is 106 cm³/mol. The summed E-state index contributed by atoms with van der Waals surface area (Å²) in [4.78, 5) is 7.33. The van der Waals surface area contributed by atoms with Gasteiger partial charge in [0, 0.05) is 12.6 Å². The van der Waals surface area contributed by atoms with Crippen LogP contribution >= 0.6 is 0 Å². The van der Waals surface area contributed by atoms with Gasteiger partial charge in [-0.15, -0.1) is 0 Å². The second-order valence-corrected chi connectivity index (χ2v) is 8.13. The molecule has 0 N–H and O–H groups in total. The number of rotatable bonds is 4. The minimum Gasteiger partial charge on any atom is -0.327 e. The highest BCUT2D eigenvalue weighted by molar-refractivity contribution is 5.80. The molecule has 0 aliphatic carbocycles. The summed E-state index contributed by atoms with van der Waals surface area (Å²) in [5.74, 6) is 1.73. The Balaban J connectivity index is 1.28. The largest absolute Gasteiger partial charge is 0.327 e. The fourth-order valence-corrected chi connectivity index (χ4v) is 4.84. The predicted octanol–water partition coefficient (Wildman–Crippen LogP) is 4.58. The van der Waals surface area contributed by atoms with Crippen molar-refractivity contribution < 1.29 is 4.39 Å². The molecule has 0 radical (unpaired) electrons. The van der Waals surface area contributed by atoms with E-state index in [9.17, 15) is 4.39 Å². The molecule has 0 amide bonds. The zero-order chi connectivity index (χ0) is 18.2. The van der Waals surface area contributed by atoms with Gasteiger partial charge in [0.25, 0.3) is 0 Å². The highest BCUT2D eigenvalue weighted by atomic mass is 19.1. The van der Waals surface area contributed by atoms with E-state index in [2.05, 4.69) is 39.8 Å². The number of hydrogen-bond acceptors (Lipinski definition) is 2. The molecule has 1 fully saturated rings. The maximum Gasteiger partial charge on any atom is 0.125 e. The van der Waals surface area contributed by atoms with Gasteiger partial charge in [0.05, 0.1) is 17.6 Å². The van der Waals surface area contributed by atoms with Crippen LogP contribution in [0.4, 0.5) is 4.39 Å². The molecule has 2 aliphatic rings. The highest BCUT2D eigenvalue weighted by Gasteiger charge is 2.23.